The van der Waals surface area contributed by atoms with Crippen molar-refractivity contribution in [1.82, 2.24) is 20.4 Å². The van der Waals surface area contributed by atoms with E-state index in [1.54, 1.807) is 0 Å². The summed E-state index contributed by atoms with van der Waals surface area (Å²) in [5, 5.41) is 11.2. The van der Waals surface area contributed by atoms with Crippen molar-refractivity contribution in [1.29, 1.82) is 0 Å². The van der Waals surface area contributed by atoms with Crippen molar-refractivity contribution in [2.75, 3.05) is 26.3 Å². The molecule has 1 heterocycles. The Kier molecular flexibility index (Phi) is 8.58. The third-order valence-corrected chi connectivity index (χ3v) is 3.53. The minimum absolute atomic E-state index is 0.651. The summed E-state index contributed by atoms with van der Waals surface area (Å²) in [4.78, 5) is 4.67. The average Bonchev–Trinajstić information content (AvgIpc) is 2.78. The number of nitrogens with zero attached hydrogens (tertiary/aromatic N) is 3. The van der Waals surface area contributed by atoms with E-state index in [0.717, 1.165) is 50.9 Å². The first-order chi connectivity index (χ1) is 10.6. The number of rotatable bonds is 9. The largest absolute Gasteiger partial charge is 0.382 e. The van der Waals surface area contributed by atoms with E-state index in [1.165, 1.54) is 11.3 Å². The number of guanidine groups is 1. The van der Waals surface area contributed by atoms with Crippen LogP contribution in [0, 0.1) is 13.8 Å². The van der Waals surface area contributed by atoms with Gasteiger partial charge in [0.05, 0.1) is 12.2 Å². The Hall–Kier alpha value is -1.56. The first-order valence-electron chi connectivity index (χ1n) is 8.26. The lowest BCUT2D eigenvalue weighted by Crippen LogP contribution is -2.38. The highest BCUT2D eigenvalue weighted by atomic mass is 16.5. The zero-order chi connectivity index (χ0) is 16.4. The van der Waals surface area contributed by atoms with Crippen LogP contribution >= 0.6 is 0 Å². The van der Waals surface area contributed by atoms with Gasteiger partial charge < -0.3 is 15.4 Å². The second-order valence-electron chi connectivity index (χ2n) is 5.14. The van der Waals surface area contributed by atoms with Crippen LogP contribution < -0.4 is 10.6 Å². The molecule has 22 heavy (non-hydrogen) atoms. The highest BCUT2D eigenvalue weighted by Crippen LogP contribution is 2.13. The Morgan fingerprint density at radius 1 is 1.23 bits per heavy atom. The zero-order valence-electron chi connectivity index (χ0n) is 14.7. The van der Waals surface area contributed by atoms with Crippen LogP contribution in [-0.4, -0.2) is 42.0 Å². The lowest BCUT2D eigenvalue weighted by atomic mass is 10.2. The minimum atomic E-state index is 0.651. The summed E-state index contributed by atoms with van der Waals surface area (Å²) in [5.41, 5.74) is 3.49. The Bertz CT molecular complexity index is 467. The molecule has 1 aromatic heterocycles. The van der Waals surface area contributed by atoms with Gasteiger partial charge in [0.25, 0.3) is 0 Å². The molecular formula is C16H31N5O. The molecule has 0 saturated carbocycles. The van der Waals surface area contributed by atoms with E-state index in [0.29, 0.717) is 6.54 Å². The maximum Gasteiger partial charge on any atom is 0.191 e. The third kappa shape index (κ3) is 5.67. The van der Waals surface area contributed by atoms with Crippen molar-refractivity contribution in [3.63, 3.8) is 0 Å². The molecule has 0 saturated heterocycles. The summed E-state index contributed by atoms with van der Waals surface area (Å²) in [6.07, 6.45) is 0.976. The molecule has 0 aliphatic carbocycles. The summed E-state index contributed by atoms with van der Waals surface area (Å²) in [5.74, 6) is 0.849. The van der Waals surface area contributed by atoms with Gasteiger partial charge in [-0.2, -0.15) is 5.10 Å². The fourth-order valence-electron chi connectivity index (χ4n) is 2.30. The summed E-state index contributed by atoms with van der Waals surface area (Å²) < 4.78 is 7.37. The van der Waals surface area contributed by atoms with Crippen molar-refractivity contribution in [2.45, 2.75) is 54.1 Å². The number of aryl methyl sites for hydroxylation is 2. The second kappa shape index (κ2) is 10.2. The molecule has 2 N–H and O–H groups in total. The van der Waals surface area contributed by atoms with E-state index in [9.17, 15) is 0 Å². The molecule has 1 aromatic rings. The lowest BCUT2D eigenvalue weighted by molar-refractivity contribution is 0.145. The number of hydrogen-bond donors (Lipinski definition) is 2. The topological polar surface area (TPSA) is 63.5 Å². The van der Waals surface area contributed by atoms with Gasteiger partial charge >= 0.3 is 0 Å². The van der Waals surface area contributed by atoms with E-state index in [-0.39, 0.29) is 0 Å². The number of hydrogen-bond acceptors (Lipinski definition) is 3. The van der Waals surface area contributed by atoms with Crippen molar-refractivity contribution in [3.05, 3.63) is 17.0 Å². The van der Waals surface area contributed by atoms with Crippen molar-refractivity contribution in [2.24, 2.45) is 4.99 Å². The van der Waals surface area contributed by atoms with Crippen LogP contribution in [0.2, 0.25) is 0 Å². The lowest BCUT2D eigenvalue weighted by Gasteiger charge is -2.11. The predicted molar refractivity (Wildman–Crippen MR) is 91.3 cm³/mol. The fraction of sp³-hybridized carbons (Fsp3) is 0.750. The molecule has 0 bridgehead atoms. The second-order valence-corrected chi connectivity index (χ2v) is 5.14. The molecular weight excluding hydrogens is 278 g/mol. The van der Waals surface area contributed by atoms with Crippen LogP contribution in [0.5, 0.6) is 0 Å². The van der Waals surface area contributed by atoms with Crippen LogP contribution in [0.15, 0.2) is 4.99 Å². The Morgan fingerprint density at radius 3 is 2.59 bits per heavy atom. The Labute approximate surface area is 134 Å². The van der Waals surface area contributed by atoms with E-state index in [1.807, 2.05) is 18.5 Å². The molecule has 0 atom stereocenters. The van der Waals surface area contributed by atoms with Gasteiger partial charge in [0.15, 0.2) is 5.96 Å². The number of nitrogens with one attached hydrogen (secondary N) is 2. The number of aromatic nitrogens is 2. The van der Waals surface area contributed by atoms with Gasteiger partial charge in [-0.25, -0.2) is 4.99 Å². The average molecular weight is 309 g/mol. The molecule has 6 heteroatoms. The van der Waals surface area contributed by atoms with Crippen LogP contribution in [0.3, 0.4) is 0 Å². The first-order valence-corrected chi connectivity index (χ1v) is 8.26. The molecule has 0 aromatic carbocycles. The summed E-state index contributed by atoms with van der Waals surface area (Å²) in [6, 6.07) is 0. The third-order valence-electron chi connectivity index (χ3n) is 3.53. The Balaban J connectivity index is 2.60. The number of aliphatic imine (C=N–C) groups is 1. The molecule has 0 unspecified atom stereocenters. The van der Waals surface area contributed by atoms with Gasteiger partial charge in [0.2, 0.25) is 0 Å². The van der Waals surface area contributed by atoms with Gasteiger partial charge in [-0.3, -0.25) is 4.68 Å². The zero-order valence-corrected chi connectivity index (χ0v) is 14.7. The van der Waals surface area contributed by atoms with Crippen molar-refractivity contribution >= 4 is 5.96 Å². The molecule has 0 amide bonds. The maximum absolute atomic E-state index is 5.34. The van der Waals surface area contributed by atoms with E-state index in [2.05, 4.69) is 41.5 Å². The van der Waals surface area contributed by atoms with Crippen LogP contribution in [-0.2, 0) is 17.8 Å². The summed E-state index contributed by atoms with van der Waals surface area (Å²) in [7, 11) is 0. The first kappa shape index (κ1) is 18.5. The quantitative estimate of drug-likeness (QED) is 0.416. The highest BCUT2D eigenvalue weighted by molar-refractivity contribution is 5.79. The monoisotopic (exact) mass is 309 g/mol. The smallest absolute Gasteiger partial charge is 0.191 e. The standard InChI is InChI=1S/C16H31N5O/c1-6-17-16(18-10-9-11-22-8-3)19-12-15-13(4)20-21(7-2)14(15)5/h6-12H2,1-5H3,(H2,17,18,19). The minimum Gasteiger partial charge on any atom is -0.382 e. The number of ether oxygens (including phenoxy) is 1. The molecule has 6 nitrogen and oxygen atoms in total. The van der Waals surface area contributed by atoms with Crippen LogP contribution in [0.4, 0.5) is 0 Å². The molecule has 0 aliphatic rings. The van der Waals surface area contributed by atoms with Crippen molar-refractivity contribution < 1.29 is 4.74 Å². The van der Waals surface area contributed by atoms with E-state index >= 15 is 0 Å². The van der Waals surface area contributed by atoms with Crippen molar-refractivity contribution in [3.8, 4) is 0 Å². The summed E-state index contributed by atoms with van der Waals surface area (Å²) in [6.45, 7) is 15.2. The van der Waals surface area contributed by atoms with Crippen LogP contribution in [0.1, 0.15) is 44.1 Å². The molecule has 0 fully saturated rings. The van der Waals surface area contributed by atoms with Gasteiger partial charge in [-0.05, 0) is 41.0 Å². The normalized spacial score (nSPS) is 11.8. The SMILES string of the molecule is CCNC(=NCc1c(C)nn(CC)c1C)NCCCOCC. The summed E-state index contributed by atoms with van der Waals surface area (Å²) >= 11 is 0. The maximum atomic E-state index is 5.34. The molecule has 1 rings (SSSR count). The fourth-order valence-corrected chi connectivity index (χ4v) is 2.30. The highest BCUT2D eigenvalue weighted by Gasteiger charge is 2.10. The predicted octanol–water partition coefficient (Wildman–Crippen LogP) is 2.00. The Morgan fingerprint density at radius 2 is 2.00 bits per heavy atom. The molecule has 126 valence electrons. The van der Waals surface area contributed by atoms with Gasteiger partial charge in [0.1, 0.15) is 0 Å². The van der Waals surface area contributed by atoms with Gasteiger partial charge in [-0.15, -0.1) is 0 Å². The van der Waals surface area contributed by atoms with Gasteiger partial charge in [0, 0.05) is 44.1 Å². The molecule has 0 spiro atoms. The molecule has 0 radical (unpaired) electrons. The van der Waals surface area contributed by atoms with E-state index in [4.69, 9.17) is 4.74 Å². The van der Waals surface area contributed by atoms with Crippen LogP contribution in [0.25, 0.3) is 0 Å². The molecule has 0 aliphatic heterocycles. The van der Waals surface area contributed by atoms with Gasteiger partial charge in [-0.1, -0.05) is 0 Å². The van der Waals surface area contributed by atoms with E-state index < -0.39 is 0 Å².